The van der Waals surface area contributed by atoms with Gasteiger partial charge in [-0.15, -0.1) is 0 Å². The van der Waals surface area contributed by atoms with Crippen LogP contribution in [0.15, 0.2) is 36.5 Å². The summed E-state index contributed by atoms with van der Waals surface area (Å²) in [5.41, 5.74) is 3.47. The van der Waals surface area contributed by atoms with E-state index in [-0.39, 0.29) is 11.9 Å². The summed E-state index contributed by atoms with van der Waals surface area (Å²) in [7, 11) is 0. The molecule has 2 unspecified atom stereocenters. The number of allylic oxidation sites excluding steroid dienone is 1. The van der Waals surface area contributed by atoms with Crippen molar-refractivity contribution in [3.05, 3.63) is 47.7 Å². The van der Waals surface area contributed by atoms with Crippen molar-refractivity contribution < 1.29 is 4.79 Å². The van der Waals surface area contributed by atoms with E-state index in [0.717, 1.165) is 18.5 Å². The van der Waals surface area contributed by atoms with Crippen molar-refractivity contribution >= 4 is 5.91 Å². The van der Waals surface area contributed by atoms with E-state index >= 15 is 0 Å². The highest BCUT2D eigenvalue weighted by Crippen LogP contribution is 2.36. The van der Waals surface area contributed by atoms with Crippen molar-refractivity contribution in [1.29, 1.82) is 0 Å². The summed E-state index contributed by atoms with van der Waals surface area (Å²) in [6.45, 7) is 7.45. The molecule has 0 aliphatic heterocycles. The van der Waals surface area contributed by atoms with Gasteiger partial charge in [-0.05, 0) is 30.9 Å². The molecule has 0 bridgehead atoms. The van der Waals surface area contributed by atoms with Crippen LogP contribution in [0.25, 0.3) is 0 Å². The van der Waals surface area contributed by atoms with E-state index in [2.05, 4.69) is 29.3 Å². The zero-order valence-electron chi connectivity index (χ0n) is 11.0. The summed E-state index contributed by atoms with van der Waals surface area (Å²) >= 11 is 0. The second-order valence-electron chi connectivity index (χ2n) is 4.94. The molecule has 2 atom stereocenters. The molecule has 0 saturated carbocycles. The first-order valence-electron chi connectivity index (χ1n) is 6.36. The normalized spacial score (nSPS) is 21.9. The largest absolute Gasteiger partial charge is 0.382 e. The Hall–Kier alpha value is -1.77. The Labute approximate surface area is 108 Å². The van der Waals surface area contributed by atoms with Gasteiger partial charge < -0.3 is 10.6 Å². The van der Waals surface area contributed by atoms with Crippen molar-refractivity contribution in [2.24, 2.45) is 0 Å². The molecule has 18 heavy (non-hydrogen) atoms. The van der Waals surface area contributed by atoms with E-state index in [1.165, 1.54) is 11.1 Å². The van der Waals surface area contributed by atoms with Crippen LogP contribution in [0.3, 0.4) is 0 Å². The van der Waals surface area contributed by atoms with Crippen LogP contribution in [-0.2, 0) is 4.79 Å². The number of nitrogens with one attached hydrogen (secondary N) is 2. The van der Waals surface area contributed by atoms with Crippen LogP contribution in [0.5, 0.6) is 0 Å². The standard InChI is InChI=1S/C15H20N2O/c1-10(2)16-14-8-9-15(17-11(3)18)13-7-5-4-6-12(13)14/h4-7,14-16H,1,8-9H2,2-3H3,(H,17,18). The SMILES string of the molecule is C=C(C)NC1CCC(NC(C)=O)c2ccccc21. The Morgan fingerprint density at radius 2 is 1.61 bits per heavy atom. The average molecular weight is 244 g/mol. The minimum absolute atomic E-state index is 0.0288. The summed E-state index contributed by atoms with van der Waals surface area (Å²) in [5.74, 6) is 0.0288. The minimum atomic E-state index is 0.0288. The van der Waals surface area contributed by atoms with Gasteiger partial charge in [-0.25, -0.2) is 0 Å². The van der Waals surface area contributed by atoms with Gasteiger partial charge in [0.05, 0.1) is 12.1 Å². The van der Waals surface area contributed by atoms with E-state index in [1.807, 2.05) is 19.1 Å². The fourth-order valence-corrected chi connectivity index (χ4v) is 2.63. The predicted molar refractivity (Wildman–Crippen MR) is 72.9 cm³/mol. The van der Waals surface area contributed by atoms with Crippen LogP contribution in [0.1, 0.15) is 49.9 Å². The fraction of sp³-hybridized carbons (Fsp3) is 0.400. The summed E-state index contributed by atoms with van der Waals surface area (Å²) < 4.78 is 0. The van der Waals surface area contributed by atoms with Crippen molar-refractivity contribution in [3.63, 3.8) is 0 Å². The lowest BCUT2D eigenvalue weighted by Gasteiger charge is -2.33. The van der Waals surface area contributed by atoms with E-state index in [9.17, 15) is 4.79 Å². The highest BCUT2D eigenvalue weighted by molar-refractivity contribution is 5.73. The number of rotatable bonds is 3. The molecule has 3 heteroatoms. The highest BCUT2D eigenvalue weighted by Gasteiger charge is 2.26. The maximum atomic E-state index is 11.2. The Morgan fingerprint density at radius 3 is 2.06 bits per heavy atom. The maximum Gasteiger partial charge on any atom is 0.217 e. The molecule has 0 saturated heterocycles. The third-order valence-electron chi connectivity index (χ3n) is 3.29. The molecular weight excluding hydrogens is 224 g/mol. The van der Waals surface area contributed by atoms with Crippen LogP contribution in [-0.4, -0.2) is 5.91 Å². The first-order valence-corrected chi connectivity index (χ1v) is 6.36. The van der Waals surface area contributed by atoms with Gasteiger partial charge in [0.15, 0.2) is 0 Å². The van der Waals surface area contributed by atoms with Gasteiger partial charge in [0.1, 0.15) is 0 Å². The topological polar surface area (TPSA) is 41.1 Å². The van der Waals surface area contributed by atoms with Gasteiger partial charge in [-0.2, -0.15) is 0 Å². The number of hydrogen-bond acceptors (Lipinski definition) is 2. The van der Waals surface area contributed by atoms with Gasteiger partial charge in [-0.3, -0.25) is 4.79 Å². The monoisotopic (exact) mass is 244 g/mol. The minimum Gasteiger partial charge on any atom is -0.382 e. The molecule has 3 nitrogen and oxygen atoms in total. The van der Waals surface area contributed by atoms with E-state index in [1.54, 1.807) is 6.92 Å². The van der Waals surface area contributed by atoms with Crippen molar-refractivity contribution in [3.8, 4) is 0 Å². The summed E-state index contributed by atoms with van der Waals surface area (Å²) in [6.07, 6.45) is 1.97. The predicted octanol–water partition coefficient (Wildman–Crippen LogP) is 2.82. The highest BCUT2D eigenvalue weighted by atomic mass is 16.1. The molecule has 0 fully saturated rings. The number of benzene rings is 1. The summed E-state index contributed by atoms with van der Waals surface area (Å²) in [6, 6.07) is 8.75. The molecular formula is C15H20N2O. The second kappa shape index (κ2) is 5.25. The molecule has 0 aromatic heterocycles. The lowest BCUT2D eigenvalue weighted by atomic mass is 9.84. The summed E-state index contributed by atoms with van der Waals surface area (Å²) in [5, 5.41) is 6.43. The van der Waals surface area contributed by atoms with E-state index in [4.69, 9.17) is 0 Å². The molecule has 0 heterocycles. The molecule has 1 aromatic carbocycles. The second-order valence-corrected chi connectivity index (χ2v) is 4.94. The Morgan fingerprint density at radius 1 is 1.11 bits per heavy atom. The molecule has 2 N–H and O–H groups in total. The Kier molecular flexibility index (Phi) is 3.70. The molecule has 2 rings (SSSR count). The molecule has 0 radical (unpaired) electrons. The van der Waals surface area contributed by atoms with Crippen molar-refractivity contribution in [1.82, 2.24) is 10.6 Å². The molecule has 1 aromatic rings. The van der Waals surface area contributed by atoms with Crippen LogP contribution >= 0.6 is 0 Å². The van der Waals surface area contributed by atoms with Gasteiger partial charge in [0.25, 0.3) is 0 Å². The Bertz CT molecular complexity index is 424. The lowest BCUT2D eigenvalue weighted by Crippen LogP contribution is -2.33. The first kappa shape index (κ1) is 12.7. The number of amides is 1. The van der Waals surface area contributed by atoms with Crippen molar-refractivity contribution in [2.45, 2.75) is 38.8 Å². The fourth-order valence-electron chi connectivity index (χ4n) is 2.63. The van der Waals surface area contributed by atoms with Gasteiger partial charge in [0.2, 0.25) is 5.91 Å². The molecule has 1 amide bonds. The molecule has 1 aliphatic carbocycles. The summed E-state index contributed by atoms with van der Waals surface area (Å²) in [4.78, 5) is 11.2. The van der Waals surface area contributed by atoms with Crippen LogP contribution < -0.4 is 10.6 Å². The van der Waals surface area contributed by atoms with Crippen LogP contribution in [0, 0.1) is 0 Å². The number of carbonyl (C=O) groups excluding carboxylic acids is 1. The van der Waals surface area contributed by atoms with Crippen molar-refractivity contribution in [2.75, 3.05) is 0 Å². The number of hydrogen-bond donors (Lipinski definition) is 2. The zero-order chi connectivity index (χ0) is 13.1. The van der Waals surface area contributed by atoms with Crippen LogP contribution in [0.2, 0.25) is 0 Å². The van der Waals surface area contributed by atoms with E-state index < -0.39 is 0 Å². The zero-order valence-corrected chi connectivity index (χ0v) is 11.0. The molecule has 1 aliphatic rings. The lowest BCUT2D eigenvalue weighted by molar-refractivity contribution is -0.119. The Balaban J connectivity index is 2.28. The third-order valence-corrected chi connectivity index (χ3v) is 3.29. The smallest absolute Gasteiger partial charge is 0.217 e. The van der Waals surface area contributed by atoms with Gasteiger partial charge in [-0.1, -0.05) is 30.8 Å². The maximum absolute atomic E-state index is 11.2. The molecule has 96 valence electrons. The van der Waals surface area contributed by atoms with Crippen LogP contribution in [0.4, 0.5) is 0 Å². The quantitative estimate of drug-likeness (QED) is 0.858. The van der Waals surface area contributed by atoms with Gasteiger partial charge >= 0.3 is 0 Å². The van der Waals surface area contributed by atoms with Gasteiger partial charge in [0, 0.05) is 12.6 Å². The number of carbonyl (C=O) groups is 1. The average Bonchev–Trinajstić information content (AvgIpc) is 2.31. The van der Waals surface area contributed by atoms with E-state index in [0.29, 0.717) is 6.04 Å². The first-order chi connectivity index (χ1) is 8.58. The molecule has 0 spiro atoms. The third kappa shape index (κ3) is 2.73. The number of fused-ring (bicyclic) bond motifs is 1.